The van der Waals surface area contributed by atoms with Gasteiger partial charge in [0.1, 0.15) is 11.6 Å². The van der Waals surface area contributed by atoms with E-state index >= 15 is 0 Å². The molecule has 0 aliphatic carbocycles. The van der Waals surface area contributed by atoms with Gasteiger partial charge in [-0.05, 0) is 50.5 Å². The number of piperidine rings is 1. The standard InChI is InChI=1S/C19H22ClN3O3/c1-3-26-19(25)14-6-8-23(9-7-14)18(24)15(11-21)12-22-17-5-4-16(20)10-13(17)2/h4-5,10,12,14,22H,3,6-9H2,1-2H3/b15-12-. The van der Waals surface area contributed by atoms with Crippen molar-refractivity contribution in [1.29, 1.82) is 5.26 Å². The molecule has 1 aromatic rings. The second-order valence-corrected chi connectivity index (χ2v) is 6.53. The van der Waals surface area contributed by atoms with Crippen molar-refractivity contribution < 1.29 is 14.3 Å². The summed E-state index contributed by atoms with van der Waals surface area (Å²) in [5, 5.41) is 12.9. The average molecular weight is 376 g/mol. The van der Waals surface area contributed by atoms with Crippen LogP contribution in [0.5, 0.6) is 0 Å². The lowest BCUT2D eigenvalue weighted by Gasteiger charge is -2.30. The Kier molecular flexibility index (Phi) is 7.05. The maximum absolute atomic E-state index is 12.5. The summed E-state index contributed by atoms with van der Waals surface area (Å²) in [5.74, 6) is -0.729. The summed E-state index contributed by atoms with van der Waals surface area (Å²) in [5.41, 5.74) is 1.71. The van der Waals surface area contributed by atoms with Crippen LogP contribution in [0.25, 0.3) is 0 Å². The van der Waals surface area contributed by atoms with E-state index in [0.29, 0.717) is 37.6 Å². The Morgan fingerprint density at radius 3 is 2.69 bits per heavy atom. The first-order valence-electron chi connectivity index (χ1n) is 8.55. The summed E-state index contributed by atoms with van der Waals surface area (Å²) in [6.45, 7) is 4.88. The number of rotatable bonds is 5. The van der Waals surface area contributed by atoms with Crippen molar-refractivity contribution in [2.45, 2.75) is 26.7 Å². The van der Waals surface area contributed by atoms with Crippen LogP contribution < -0.4 is 5.32 Å². The molecule has 1 aliphatic heterocycles. The van der Waals surface area contributed by atoms with Gasteiger partial charge in [-0.1, -0.05) is 11.6 Å². The molecule has 1 amide bonds. The molecule has 0 radical (unpaired) electrons. The van der Waals surface area contributed by atoms with Gasteiger partial charge in [-0.2, -0.15) is 5.26 Å². The molecule has 6 nitrogen and oxygen atoms in total. The molecule has 2 rings (SSSR count). The van der Waals surface area contributed by atoms with Crippen LogP contribution in [-0.4, -0.2) is 36.5 Å². The van der Waals surface area contributed by atoms with E-state index in [1.54, 1.807) is 30.0 Å². The molecule has 0 unspecified atom stereocenters. The number of ether oxygens (including phenoxy) is 1. The first kappa shape index (κ1) is 19.8. The van der Waals surface area contributed by atoms with Crippen LogP contribution in [-0.2, 0) is 14.3 Å². The van der Waals surface area contributed by atoms with E-state index in [2.05, 4.69) is 5.32 Å². The lowest BCUT2D eigenvalue weighted by molar-refractivity contribution is -0.150. The molecule has 0 saturated carbocycles. The SMILES string of the molecule is CCOC(=O)C1CCN(C(=O)/C(C#N)=C\Nc2ccc(Cl)cc2C)CC1. The van der Waals surface area contributed by atoms with Crippen molar-refractivity contribution >= 4 is 29.2 Å². The molecule has 1 aliphatic rings. The van der Waals surface area contributed by atoms with Crippen molar-refractivity contribution in [1.82, 2.24) is 4.90 Å². The van der Waals surface area contributed by atoms with E-state index in [1.165, 1.54) is 6.20 Å². The number of carbonyl (C=O) groups is 2. The van der Waals surface area contributed by atoms with Gasteiger partial charge in [0.15, 0.2) is 0 Å². The molecule has 0 bridgehead atoms. The van der Waals surface area contributed by atoms with Gasteiger partial charge in [0.25, 0.3) is 5.91 Å². The predicted octanol–water partition coefficient (Wildman–Crippen LogP) is 3.27. The monoisotopic (exact) mass is 375 g/mol. The number of likely N-dealkylation sites (tertiary alicyclic amines) is 1. The largest absolute Gasteiger partial charge is 0.466 e. The first-order chi connectivity index (χ1) is 12.5. The minimum absolute atomic E-state index is 0.0222. The smallest absolute Gasteiger partial charge is 0.309 e. The maximum Gasteiger partial charge on any atom is 0.309 e. The number of amides is 1. The van der Waals surface area contributed by atoms with Crippen LogP contribution >= 0.6 is 11.6 Å². The van der Waals surface area contributed by atoms with Crippen molar-refractivity contribution in [3.05, 3.63) is 40.6 Å². The number of nitriles is 1. The van der Waals surface area contributed by atoms with Crippen molar-refractivity contribution in [2.75, 3.05) is 25.0 Å². The Bertz CT molecular complexity index is 747. The second-order valence-electron chi connectivity index (χ2n) is 6.09. The molecular weight excluding hydrogens is 354 g/mol. The number of nitrogens with zero attached hydrogens (tertiary/aromatic N) is 2. The topological polar surface area (TPSA) is 82.4 Å². The van der Waals surface area contributed by atoms with Gasteiger partial charge in [0.2, 0.25) is 0 Å². The lowest BCUT2D eigenvalue weighted by atomic mass is 9.96. The van der Waals surface area contributed by atoms with Gasteiger partial charge in [-0.25, -0.2) is 0 Å². The number of hydrogen-bond acceptors (Lipinski definition) is 5. The highest BCUT2D eigenvalue weighted by molar-refractivity contribution is 6.30. The number of benzene rings is 1. The van der Waals surface area contributed by atoms with E-state index in [1.807, 2.05) is 13.0 Å². The van der Waals surface area contributed by atoms with Crippen molar-refractivity contribution in [3.63, 3.8) is 0 Å². The molecule has 0 atom stereocenters. The van der Waals surface area contributed by atoms with Crippen LogP contribution in [0.3, 0.4) is 0 Å². The number of carbonyl (C=O) groups excluding carboxylic acids is 2. The summed E-state index contributed by atoms with van der Waals surface area (Å²) >= 11 is 5.92. The molecule has 1 aromatic carbocycles. The Labute approximate surface area is 158 Å². The van der Waals surface area contributed by atoms with E-state index < -0.39 is 0 Å². The van der Waals surface area contributed by atoms with Gasteiger partial charge >= 0.3 is 5.97 Å². The third-order valence-electron chi connectivity index (χ3n) is 4.31. The fraction of sp³-hybridized carbons (Fsp3) is 0.421. The van der Waals surface area contributed by atoms with Crippen molar-refractivity contribution in [3.8, 4) is 6.07 Å². The highest BCUT2D eigenvalue weighted by Crippen LogP contribution is 2.22. The third-order valence-corrected chi connectivity index (χ3v) is 4.55. The van der Waals surface area contributed by atoms with Crippen LogP contribution in [0, 0.1) is 24.2 Å². The molecule has 0 spiro atoms. The molecule has 1 N–H and O–H groups in total. The third kappa shape index (κ3) is 4.99. The Hall–Kier alpha value is -2.52. The number of aryl methyl sites for hydroxylation is 1. The van der Waals surface area contributed by atoms with Gasteiger partial charge in [0, 0.05) is 30.0 Å². The van der Waals surface area contributed by atoms with Crippen LogP contribution in [0.4, 0.5) is 5.69 Å². The zero-order valence-corrected chi connectivity index (χ0v) is 15.7. The van der Waals surface area contributed by atoms with Gasteiger partial charge < -0.3 is 15.0 Å². The Morgan fingerprint density at radius 1 is 1.42 bits per heavy atom. The summed E-state index contributed by atoms with van der Waals surface area (Å²) in [6, 6.07) is 7.27. The zero-order chi connectivity index (χ0) is 19.1. The van der Waals surface area contributed by atoms with Gasteiger partial charge in [0.05, 0.1) is 12.5 Å². The number of nitrogens with one attached hydrogen (secondary N) is 1. The number of halogens is 1. The second kappa shape index (κ2) is 9.25. The normalized spacial score (nSPS) is 15.3. The average Bonchev–Trinajstić information content (AvgIpc) is 2.64. The summed E-state index contributed by atoms with van der Waals surface area (Å²) in [7, 11) is 0. The highest BCUT2D eigenvalue weighted by Gasteiger charge is 2.29. The molecule has 0 aromatic heterocycles. The van der Waals surface area contributed by atoms with Gasteiger partial charge in [-0.15, -0.1) is 0 Å². The minimum atomic E-state index is -0.339. The van der Waals surface area contributed by atoms with Gasteiger partial charge in [-0.3, -0.25) is 9.59 Å². The van der Waals surface area contributed by atoms with Crippen LogP contribution in [0.1, 0.15) is 25.3 Å². The van der Waals surface area contributed by atoms with Crippen LogP contribution in [0.15, 0.2) is 30.0 Å². The molecule has 7 heteroatoms. The summed E-state index contributed by atoms with van der Waals surface area (Å²) in [4.78, 5) is 25.9. The fourth-order valence-electron chi connectivity index (χ4n) is 2.83. The molecule has 1 fully saturated rings. The zero-order valence-electron chi connectivity index (χ0n) is 14.9. The summed E-state index contributed by atoms with van der Waals surface area (Å²) in [6.07, 6.45) is 2.51. The number of esters is 1. The molecule has 1 heterocycles. The highest BCUT2D eigenvalue weighted by atomic mass is 35.5. The Balaban J connectivity index is 1.98. The fourth-order valence-corrected chi connectivity index (χ4v) is 3.06. The van der Waals surface area contributed by atoms with E-state index in [0.717, 1.165) is 11.3 Å². The lowest BCUT2D eigenvalue weighted by Crippen LogP contribution is -2.41. The molecule has 26 heavy (non-hydrogen) atoms. The van der Waals surface area contributed by atoms with Crippen molar-refractivity contribution in [2.24, 2.45) is 5.92 Å². The van der Waals surface area contributed by atoms with Crippen LogP contribution in [0.2, 0.25) is 5.02 Å². The molecular formula is C19H22ClN3O3. The minimum Gasteiger partial charge on any atom is -0.466 e. The maximum atomic E-state index is 12.5. The molecule has 1 saturated heterocycles. The quantitative estimate of drug-likeness (QED) is 0.485. The first-order valence-corrected chi connectivity index (χ1v) is 8.93. The number of anilines is 1. The Morgan fingerprint density at radius 2 is 2.12 bits per heavy atom. The summed E-state index contributed by atoms with van der Waals surface area (Å²) < 4.78 is 5.03. The predicted molar refractivity (Wildman–Crippen MR) is 99.4 cm³/mol. The number of hydrogen-bond donors (Lipinski definition) is 1. The van der Waals surface area contributed by atoms with E-state index in [-0.39, 0.29) is 23.4 Å². The molecule has 138 valence electrons. The van der Waals surface area contributed by atoms with E-state index in [9.17, 15) is 14.9 Å². The van der Waals surface area contributed by atoms with E-state index in [4.69, 9.17) is 16.3 Å².